The Bertz CT molecular complexity index is 1780. The molecule has 1 atom stereocenters. The Morgan fingerprint density at radius 3 is 2.73 bits per heavy atom. The van der Waals surface area contributed by atoms with Gasteiger partial charge in [-0.15, -0.1) is 0 Å². The highest BCUT2D eigenvalue weighted by Crippen LogP contribution is 2.49. The number of nitrogens with one attached hydrogen (secondary N) is 1. The fraction of sp³-hybridized carbons (Fsp3) is 0.148. The molecule has 2 aromatic heterocycles. The number of fused-ring (bicyclic) bond motifs is 2. The Hall–Kier alpha value is -4.44. The molecule has 10 heteroatoms. The van der Waals surface area contributed by atoms with E-state index in [1.54, 1.807) is 30.4 Å². The molecular weight excluding hydrogens is 488 g/mol. The van der Waals surface area contributed by atoms with Crippen LogP contribution in [-0.4, -0.2) is 38.3 Å². The van der Waals surface area contributed by atoms with Crippen LogP contribution in [0.2, 0.25) is 0 Å². The molecule has 2 aromatic carbocycles. The molecule has 186 valence electrons. The molecule has 0 fully saturated rings. The summed E-state index contributed by atoms with van der Waals surface area (Å²) in [5, 5.41) is 4.36. The van der Waals surface area contributed by atoms with Gasteiger partial charge in [0.15, 0.2) is 0 Å². The number of hydrogen-bond acceptors (Lipinski definition) is 6. The normalized spacial score (nSPS) is 19.1. The summed E-state index contributed by atoms with van der Waals surface area (Å²) in [6, 6.07) is 13.6. The number of aryl methyl sites for hydroxylation is 1. The first kappa shape index (κ1) is 23.0. The first-order chi connectivity index (χ1) is 17.7. The quantitative estimate of drug-likeness (QED) is 0.385. The van der Waals surface area contributed by atoms with Crippen LogP contribution in [0.25, 0.3) is 16.7 Å². The molecule has 0 saturated heterocycles. The average molecular weight is 513 g/mol. The van der Waals surface area contributed by atoms with Crippen molar-refractivity contribution in [2.45, 2.75) is 25.2 Å². The lowest BCUT2D eigenvalue weighted by Crippen LogP contribution is -2.33. The van der Waals surface area contributed by atoms with Crippen molar-refractivity contribution < 1.29 is 13.2 Å². The van der Waals surface area contributed by atoms with Crippen LogP contribution in [-0.2, 0) is 10.0 Å². The van der Waals surface area contributed by atoms with Gasteiger partial charge in [-0.3, -0.25) is 4.79 Å². The largest absolute Gasteiger partial charge is 0.383 e. The fourth-order valence-corrected chi connectivity index (χ4v) is 6.57. The molecule has 37 heavy (non-hydrogen) atoms. The lowest BCUT2D eigenvalue weighted by Gasteiger charge is -2.31. The molecule has 0 saturated carbocycles. The van der Waals surface area contributed by atoms with Gasteiger partial charge in [-0.25, -0.2) is 22.4 Å². The van der Waals surface area contributed by atoms with E-state index < -0.39 is 21.2 Å². The topological polar surface area (TPSA) is 127 Å². The molecule has 3 N–H and O–H groups in total. The number of aromatic nitrogens is 4. The van der Waals surface area contributed by atoms with Gasteiger partial charge in [0.05, 0.1) is 33.4 Å². The SMILES string of the molecule is Cc1nc2ccc(-n3ncc(C(=O)C4=CC5(C)CC=CC=C5N4S(=O)(=O)c4ccccc4)c3N)cc2[nH]1. The van der Waals surface area contributed by atoms with Crippen LogP contribution in [0, 0.1) is 12.3 Å². The molecule has 0 radical (unpaired) electrons. The van der Waals surface area contributed by atoms with E-state index in [0.717, 1.165) is 21.2 Å². The second-order valence-corrected chi connectivity index (χ2v) is 11.2. The Labute approximate surface area is 213 Å². The van der Waals surface area contributed by atoms with E-state index in [2.05, 4.69) is 15.1 Å². The van der Waals surface area contributed by atoms with E-state index in [9.17, 15) is 13.2 Å². The van der Waals surface area contributed by atoms with E-state index in [4.69, 9.17) is 5.73 Å². The molecule has 2 aliphatic rings. The first-order valence-electron chi connectivity index (χ1n) is 11.7. The number of carbonyl (C=O) groups excluding carboxylic acids is 1. The monoisotopic (exact) mass is 512 g/mol. The number of anilines is 1. The number of Topliss-reactive ketones (excluding diaryl/α,β-unsaturated/α-hetero) is 1. The zero-order chi connectivity index (χ0) is 25.9. The Kier molecular flexibility index (Phi) is 4.99. The van der Waals surface area contributed by atoms with Gasteiger partial charge in [0.1, 0.15) is 17.3 Å². The number of ketones is 1. The maximum Gasteiger partial charge on any atom is 0.268 e. The third-order valence-corrected chi connectivity index (χ3v) is 8.55. The van der Waals surface area contributed by atoms with Crippen molar-refractivity contribution in [3.63, 3.8) is 0 Å². The predicted octanol–water partition coefficient (Wildman–Crippen LogP) is 4.26. The summed E-state index contributed by atoms with van der Waals surface area (Å²) in [7, 11) is -4.07. The summed E-state index contributed by atoms with van der Waals surface area (Å²) in [4.78, 5) is 21.6. The van der Waals surface area contributed by atoms with Crippen molar-refractivity contribution in [2.75, 3.05) is 5.73 Å². The van der Waals surface area contributed by atoms with E-state index in [1.807, 2.05) is 44.2 Å². The molecule has 1 aliphatic carbocycles. The van der Waals surface area contributed by atoms with Crippen molar-refractivity contribution in [1.82, 2.24) is 24.1 Å². The van der Waals surface area contributed by atoms with Crippen LogP contribution in [0.1, 0.15) is 29.5 Å². The Morgan fingerprint density at radius 2 is 1.95 bits per heavy atom. The van der Waals surface area contributed by atoms with E-state index in [0.29, 0.717) is 17.8 Å². The summed E-state index contributed by atoms with van der Waals surface area (Å²) >= 11 is 0. The van der Waals surface area contributed by atoms with Crippen LogP contribution in [0.3, 0.4) is 0 Å². The molecule has 1 unspecified atom stereocenters. The second kappa shape index (κ2) is 8.04. The Morgan fingerprint density at radius 1 is 1.16 bits per heavy atom. The minimum absolute atomic E-state index is 0.0344. The summed E-state index contributed by atoms with van der Waals surface area (Å²) in [5.41, 5.74) is 8.72. The molecule has 1 aliphatic heterocycles. The molecule has 9 nitrogen and oxygen atoms in total. The smallest absolute Gasteiger partial charge is 0.268 e. The van der Waals surface area contributed by atoms with Crippen LogP contribution >= 0.6 is 0 Å². The summed E-state index contributed by atoms with van der Waals surface area (Å²) in [5.74, 6) is 0.381. The van der Waals surface area contributed by atoms with E-state index in [-0.39, 0.29) is 22.0 Å². The summed E-state index contributed by atoms with van der Waals surface area (Å²) < 4.78 is 30.3. The third kappa shape index (κ3) is 3.52. The zero-order valence-electron chi connectivity index (χ0n) is 20.2. The highest BCUT2D eigenvalue weighted by atomic mass is 32.2. The maximum absolute atomic E-state index is 13.9. The van der Waals surface area contributed by atoms with Gasteiger partial charge in [-0.05, 0) is 55.8 Å². The molecule has 0 amide bonds. The van der Waals surface area contributed by atoms with E-state index in [1.165, 1.54) is 23.0 Å². The van der Waals surface area contributed by atoms with Crippen LogP contribution in [0.15, 0.2) is 95.3 Å². The molecule has 6 rings (SSSR count). The summed E-state index contributed by atoms with van der Waals surface area (Å²) in [6.07, 6.45) is 9.18. The predicted molar refractivity (Wildman–Crippen MR) is 140 cm³/mol. The number of imidazole rings is 1. The number of rotatable bonds is 5. The number of benzene rings is 2. The molecule has 3 heterocycles. The Balaban J connectivity index is 1.44. The molecule has 0 spiro atoms. The number of hydrogen-bond donors (Lipinski definition) is 2. The lowest BCUT2D eigenvalue weighted by atomic mass is 9.82. The number of aromatic amines is 1. The van der Waals surface area contributed by atoms with Gasteiger partial charge >= 0.3 is 0 Å². The molecule has 0 bridgehead atoms. The highest BCUT2D eigenvalue weighted by molar-refractivity contribution is 7.89. The van der Waals surface area contributed by atoms with Gasteiger partial charge in [0.2, 0.25) is 5.78 Å². The lowest BCUT2D eigenvalue weighted by molar-refractivity contribution is 0.102. The summed E-state index contributed by atoms with van der Waals surface area (Å²) in [6.45, 7) is 3.79. The van der Waals surface area contributed by atoms with Crippen molar-refractivity contribution >= 4 is 32.7 Å². The number of nitrogens with zero attached hydrogens (tertiary/aromatic N) is 4. The fourth-order valence-electron chi connectivity index (χ4n) is 4.94. The third-order valence-electron chi connectivity index (χ3n) is 6.80. The number of nitrogen functional groups attached to an aromatic ring is 1. The number of allylic oxidation sites excluding steroid dienone is 5. The van der Waals surface area contributed by atoms with Gasteiger partial charge in [0.25, 0.3) is 10.0 Å². The number of H-pyrrole nitrogens is 1. The van der Waals surface area contributed by atoms with Gasteiger partial charge in [-0.1, -0.05) is 37.3 Å². The number of sulfonamides is 1. The first-order valence-corrected chi connectivity index (χ1v) is 13.2. The van der Waals surface area contributed by atoms with Crippen LogP contribution in [0.5, 0.6) is 0 Å². The van der Waals surface area contributed by atoms with Gasteiger partial charge in [-0.2, -0.15) is 5.10 Å². The van der Waals surface area contributed by atoms with Crippen molar-refractivity contribution in [3.8, 4) is 5.69 Å². The minimum Gasteiger partial charge on any atom is -0.383 e. The highest BCUT2D eigenvalue weighted by Gasteiger charge is 2.47. The maximum atomic E-state index is 13.9. The second-order valence-electron chi connectivity index (χ2n) is 9.42. The van der Waals surface area contributed by atoms with E-state index >= 15 is 0 Å². The molecular formula is C27H24N6O3S. The van der Waals surface area contributed by atoms with Crippen LogP contribution < -0.4 is 5.73 Å². The van der Waals surface area contributed by atoms with Gasteiger partial charge in [0, 0.05) is 11.1 Å². The number of nitrogens with two attached hydrogens (primary N) is 1. The number of carbonyl (C=O) groups is 1. The van der Waals surface area contributed by atoms with Crippen molar-refractivity contribution in [2.24, 2.45) is 5.41 Å². The standard InChI is InChI=1S/C27H24N6O3S/c1-17-30-21-12-11-18(14-22(21)31-17)32-26(28)20(16-29-32)25(34)23-15-27(2)13-7-6-10-24(27)33(23)37(35,36)19-8-4-3-5-9-19/h3-12,14-16H,13,28H2,1-2H3,(H,30,31). The minimum atomic E-state index is -4.07. The van der Waals surface area contributed by atoms with Crippen LogP contribution in [0.4, 0.5) is 5.82 Å². The average Bonchev–Trinajstić information content (AvgIpc) is 3.55. The molecule has 4 aromatic rings. The van der Waals surface area contributed by atoms with Crippen molar-refractivity contribution in [1.29, 1.82) is 0 Å². The van der Waals surface area contributed by atoms with Gasteiger partial charge < -0.3 is 10.7 Å². The zero-order valence-corrected chi connectivity index (χ0v) is 21.0. The van der Waals surface area contributed by atoms with Crippen molar-refractivity contribution in [3.05, 3.63) is 102 Å².